The van der Waals surface area contributed by atoms with Crippen LogP contribution in [0.3, 0.4) is 0 Å². The van der Waals surface area contributed by atoms with Crippen molar-refractivity contribution in [2.45, 2.75) is 25.5 Å². The highest BCUT2D eigenvalue weighted by Crippen LogP contribution is 2.22. The molecule has 0 spiro atoms. The summed E-state index contributed by atoms with van der Waals surface area (Å²) in [6, 6.07) is 5.71. The molecule has 0 aliphatic rings. The number of thioether (sulfide) groups is 1. The zero-order valence-corrected chi connectivity index (χ0v) is 13.0. The highest BCUT2D eigenvalue weighted by molar-refractivity contribution is 9.10. The van der Waals surface area contributed by atoms with Crippen molar-refractivity contribution in [1.82, 2.24) is 5.32 Å². The second-order valence-corrected chi connectivity index (χ2v) is 6.89. The Morgan fingerprint density at radius 2 is 2.12 bits per heavy atom. The normalized spacial score (nSPS) is 11.4. The number of hydrogen-bond donors (Lipinski definition) is 1. The number of amides is 1. The fraction of sp³-hybridized carbons (Fsp3) is 0.462. The van der Waals surface area contributed by atoms with Crippen LogP contribution < -0.4 is 5.32 Å². The van der Waals surface area contributed by atoms with Crippen LogP contribution in [0.25, 0.3) is 0 Å². The average Bonchev–Trinajstić information content (AvgIpc) is 2.30. The van der Waals surface area contributed by atoms with Crippen LogP contribution in [-0.2, 0) is 0 Å². The number of carbonyl (C=O) groups excluding carboxylic acids is 1. The molecule has 94 valence electrons. The zero-order valence-electron chi connectivity index (χ0n) is 10.6. The van der Waals surface area contributed by atoms with Gasteiger partial charge in [0.2, 0.25) is 0 Å². The van der Waals surface area contributed by atoms with Gasteiger partial charge in [-0.1, -0.05) is 12.1 Å². The van der Waals surface area contributed by atoms with Crippen molar-refractivity contribution >= 4 is 33.6 Å². The summed E-state index contributed by atoms with van der Waals surface area (Å²) in [6.07, 6.45) is 2.05. The van der Waals surface area contributed by atoms with E-state index in [2.05, 4.69) is 41.3 Å². The van der Waals surface area contributed by atoms with Crippen LogP contribution in [0, 0.1) is 6.92 Å². The third-order valence-electron chi connectivity index (χ3n) is 2.66. The Morgan fingerprint density at radius 3 is 2.71 bits per heavy atom. The maximum absolute atomic E-state index is 12.0. The van der Waals surface area contributed by atoms with Crippen molar-refractivity contribution < 1.29 is 4.79 Å². The van der Waals surface area contributed by atoms with Gasteiger partial charge in [0.1, 0.15) is 0 Å². The molecule has 0 saturated heterocycles. The van der Waals surface area contributed by atoms with Crippen molar-refractivity contribution in [2.75, 3.05) is 12.8 Å². The van der Waals surface area contributed by atoms with Crippen LogP contribution in [0.4, 0.5) is 0 Å². The first-order chi connectivity index (χ1) is 7.87. The number of hydrogen-bond acceptors (Lipinski definition) is 2. The first kappa shape index (κ1) is 14.6. The predicted molar refractivity (Wildman–Crippen MR) is 78.8 cm³/mol. The molecular weight excluding hydrogens is 298 g/mol. The van der Waals surface area contributed by atoms with Gasteiger partial charge in [-0.2, -0.15) is 11.8 Å². The van der Waals surface area contributed by atoms with E-state index in [9.17, 15) is 4.79 Å². The second kappa shape index (κ2) is 5.91. The molecule has 1 rings (SSSR count). The van der Waals surface area contributed by atoms with Crippen molar-refractivity contribution in [3.05, 3.63) is 33.8 Å². The molecule has 4 heteroatoms. The van der Waals surface area contributed by atoms with Gasteiger partial charge in [0.05, 0.1) is 5.56 Å². The molecule has 1 aromatic rings. The fourth-order valence-corrected chi connectivity index (χ4v) is 1.94. The SMILES string of the molecule is CSC(C)(C)CNC(=O)c1cccc(C)c1Br. The Balaban J connectivity index is 2.74. The van der Waals surface area contributed by atoms with Crippen molar-refractivity contribution in [3.63, 3.8) is 0 Å². The lowest BCUT2D eigenvalue weighted by molar-refractivity contribution is 0.0950. The van der Waals surface area contributed by atoms with Crippen LogP contribution >= 0.6 is 27.7 Å². The number of benzene rings is 1. The van der Waals surface area contributed by atoms with Gasteiger partial charge in [-0.3, -0.25) is 4.79 Å². The van der Waals surface area contributed by atoms with Gasteiger partial charge < -0.3 is 5.32 Å². The molecule has 0 radical (unpaired) electrons. The Morgan fingerprint density at radius 1 is 1.47 bits per heavy atom. The van der Waals surface area contributed by atoms with Gasteiger partial charge in [-0.05, 0) is 54.6 Å². The van der Waals surface area contributed by atoms with Crippen LogP contribution in [0.5, 0.6) is 0 Å². The van der Waals surface area contributed by atoms with E-state index in [4.69, 9.17) is 0 Å². The Labute approximate surface area is 116 Å². The molecule has 0 aliphatic carbocycles. The monoisotopic (exact) mass is 315 g/mol. The maximum Gasteiger partial charge on any atom is 0.252 e. The summed E-state index contributed by atoms with van der Waals surface area (Å²) in [6.45, 7) is 6.87. The Hall–Kier alpha value is -0.480. The molecule has 0 saturated carbocycles. The summed E-state index contributed by atoms with van der Waals surface area (Å²) >= 11 is 5.20. The van der Waals surface area contributed by atoms with Crippen LogP contribution in [-0.4, -0.2) is 23.5 Å². The summed E-state index contributed by atoms with van der Waals surface area (Å²) < 4.78 is 0.936. The van der Waals surface area contributed by atoms with Crippen LogP contribution in [0.15, 0.2) is 22.7 Å². The molecule has 0 unspecified atom stereocenters. The van der Waals surface area contributed by atoms with Gasteiger partial charge in [-0.25, -0.2) is 0 Å². The quantitative estimate of drug-likeness (QED) is 0.919. The molecule has 1 aromatic carbocycles. The molecule has 0 bridgehead atoms. The number of halogens is 1. The summed E-state index contributed by atoms with van der Waals surface area (Å²) in [5.41, 5.74) is 1.77. The first-order valence-electron chi connectivity index (χ1n) is 5.46. The molecule has 17 heavy (non-hydrogen) atoms. The molecule has 0 aromatic heterocycles. The highest BCUT2D eigenvalue weighted by Gasteiger charge is 2.18. The van der Waals surface area contributed by atoms with E-state index in [1.165, 1.54) is 0 Å². The van der Waals surface area contributed by atoms with Gasteiger partial charge >= 0.3 is 0 Å². The summed E-state index contributed by atoms with van der Waals surface area (Å²) in [4.78, 5) is 12.0. The second-order valence-electron chi connectivity index (χ2n) is 4.58. The molecular formula is C13H18BrNOS. The van der Waals surface area contributed by atoms with Gasteiger partial charge in [0, 0.05) is 15.8 Å². The Kier molecular flexibility index (Phi) is 5.07. The topological polar surface area (TPSA) is 29.1 Å². The predicted octanol–water partition coefficient (Wildman–Crippen LogP) is 3.63. The maximum atomic E-state index is 12.0. The van der Waals surface area contributed by atoms with Gasteiger partial charge in [0.15, 0.2) is 0 Å². The molecule has 0 fully saturated rings. The smallest absolute Gasteiger partial charge is 0.252 e. The van der Waals surface area contributed by atoms with Crippen LogP contribution in [0.2, 0.25) is 0 Å². The van der Waals surface area contributed by atoms with E-state index < -0.39 is 0 Å². The van der Waals surface area contributed by atoms with E-state index in [-0.39, 0.29) is 10.7 Å². The van der Waals surface area contributed by atoms with Crippen molar-refractivity contribution in [2.24, 2.45) is 0 Å². The number of aryl methyl sites for hydroxylation is 1. The molecule has 0 heterocycles. The standard InChI is InChI=1S/C13H18BrNOS/c1-9-6-5-7-10(11(9)14)12(16)15-8-13(2,3)17-4/h5-7H,8H2,1-4H3,(H,15,16). The fourth-order valence-electron chi connectivity index (χ4n) is 1.28. The van der Waals surface area contributed by atoms with E-state index in [1.54, 1.807) is 11.8 Å². The van der Waals surface area contributed by atoms with Crippen LogP contribution in [0.1, 0.15) is 29.8 Å². The minimum Gasteiger partial charge on any atom is -0.351 e. The minimum absolute atomic E-state index is 0.0253. The molecule has 0 atom stereocenters. The summed E-state index contributed by atoms with van der Waals surface area (Å²) in [7, 11) is 0. The number of carbonyl (C=O) groups is 1. The third-order valence-corrected chi connectivity index (χ3v) is 4.97. The number of nitrogens with one attached hydrogen (secondary N) is 1. The first-order valence-corrected chi connectivity index (χ1v) is 7.47. The zero-order chi connectivity index (χ0) is 13.1. The third kappa shape index (κ3) is 4.03. The summed E-state index contributed by atoms with van der Waals surface area (Å²) in [5, 5.41) is 2.97. The highest BCUT2D eigenvalue weighted by atomic mass is 79.9. The largest absolute Gasteiger partial charge is 0.351 e. The van der Waals surface area contributed by atoms with Gasteiger partial charge in [-0.15, -0.1) is 0 Å². The average molecular weight is 316 g/mol. The number of rotatable bonds is 4. The molecule has 0 aliphatic heterocycles. The van der Waals surface area contributed by atoms with E-state index in [1.807, 2.05) is 25.1 Å². The molecule has 2 nitrogen and oxygen atoms in total. The van der Waals surface area contributed by atoms with Gasteiger partial charge in [0.25, 0.3) is 5.91 Å². The van der Waals surface area contributed by atoms with E-state index >= 15 is 0 Å². The Bertz CT molecular complexity index is 418. The lowest BCUT2D eigenvalue weighted by atomic mass is 10.1. The lowest BCUT2D eigenvalue weighted by Gasteiger charge is -2.22. The van der Waals surface area contributed by atoms with E-state index in [0.717, 1.165) is 10.0 Å². The molecule has 1 N–H and O–H groups in total. The lowest BCUT2D eigenvalue weighted by Crippen LogP contribution is -2.36. The summed E-state index contributed by atoms with van der Waals surface area (Å²) in [5.74, 6) is -0.0253. The van der Waals surface area contributed by atoms with E-state index in [0.29, 0.717) is 12.1 Å². The molecule has 1 amide bonds. The van der Waals surface area contributed by atoms with Crippen molar-refractivity contribution in [3.8, 4) is 0 Å². The minimum atomic E-state index is -0.0253. The van der Waals surface area contributed by atoms with Crippen molar-refractivity contribution in [1.29, 1.82) is 0 Å².